The van der Waals surface area contributed by atoms with Gasteiger partial charge in [-0.3, -0.25) is 4.68 Å². The van der Waals surface area contributed by atoms with Gasteiger partial charge >= 0.3 is 0 Å². The number of aryl methyl sites for hydroxylation is 1. The number of aromatic nitrogens is 2. The van der Waals surface area contributed by atoms with Crippen molar-refractivity contribution in [3.05, 3.63) is 29.5 Å². The molecule has 13 heavy (non-hydrogen) atoms. The molecule has 3 nitrogen and oxygen atoms in total. The molecule has 0 bridgehead atoms. The van der Waals surface area contributed by atoms with Crippen molar-refractivity contribution in [2.24, 2.45) is 0 Å². The van der Waals surface area contributed by atoms with Crippen molar-refractivity contribution in [2.45, 2.75) is 13.0 Å². The number of nitrogens with zero attached hydrogens (tertiary/aromatic N) is 2. The maximum Gasteiger partial charge on any atom is 0.0489 e. The molecular formula is C9H14BrN3. The Labute approximate surface area is 87.0 Å². The zero-order valence-corrected chi connectivity index (χ0v) is 9.13. The van der Waals surface area contributed by atoms with Crippen LogP contribution in [0.3, 0.4) is 0 Å². The maximum absolute atomic E-state index is 4.11. The van der Waals surface area contributed by atoms with Crippen molar-refractivity contribution < 1.29 is 0 Å². The largest absolute Gasteiger partial charge is 0.312 e. The lowest BCUT2D eigenvalue weighted by atomic mass is 10.4. The Hall–Kier alpha value is -0.610. The Bertz CT molecular complexity index is 243. The average molecular weight is 244 g/mol. The van der Waals surface area contributed by atoms with E-state index >= 15 is 0 Å². The van der Waals surface area contributed by atoms with Gasteiger partial charge in [0.1, 0.15) is 0 Å². The van der Waals surface area contributed by atoms with Crippen LogP contribution in [0.5, 0.6) is 0 Å². The summed E-state index contributed by atoms with van der Waals surface area (Å²) in [6.45, 7) is 6.53. The van der Waals surface area contributed by atoms with Gasteiger partial charge < -0.3 is 5.32 Å². The van der Waals surface area contributed by atoms with Crippen molar-refractivity contribution in [2.75, 3.05) is 13.1 Å². The van der Waals surface area contributed by atoms with Gasteiger partial charge in [-0.05, 0) is 19.0 Å². The van der Waals surface area contributed by atoms with Gasteiger partial charge in [0.25, 0.3) is 0 Å². The molecule has 4 heteroatoms. The van der Waals surface area contributed by atoms with E-state index in [0.717, 1.165) is 30.5 Å². The third-order valence-corrected chi connectivity index (χ3v) is 1.90. The van der Waals surface area contributed by atoms with Crippen LogP contribution in [0.15, 0.2) is 29.5 Å². The summed E-state index contributed by atoms with van der Waals surface area (Å²) in [6, 6.07) is 1.94. The lowest BCUT2D eigenvalue weighted by molar-refractivity contribution is 0.555. The van der Waals surface area contributed by atoms with Crippen LogP contribution in [0.25, 0.3) is 0 Å². The molecule has 72 valence electrons. The first kappa shape index (κ1) is 10.5. The van der Waals surface area contributed by atoms with Crippen molar-refractivity contribution >= 4 is 15.9 Å². The second kappa shape index (κ2) is 5.94. The monoisotopic (exact) mass is 243 g/mol. The van der Waals surface area contributed by atoms with Gasteiger partial charge in [-0.2, -0.15) is 5.10 Å². The van der Waals surface area contributed by atoms with E-state index in [9.17, 15) is 0 Å². The first-order valence-corrected chi connectivity index (χ1v) is 5.10. The molecular weight excluding hydrogens is 230 g/mol. The van der Waals surface area contributed by atoms with Crippen LogP contribution < -0.4 is 5.32 Å². The van der Waals surface area contributed by atoms with Crippen molar-refractivity contribution in [1.29, 1.82) is 0 Å². The number of hydrogen-bond acceptors (Lipinski definition) is 2. The Morgan fingerprint density at radius 1 is 1.62 bits per heavy atom. The average Bonchev–Trinajstić information content (AvgIpc) is 2.55. The van der Waals surface area contributed by atoms with Crippen molar-refractivity contribution in [3.8, 4) is 0 Å². The van der Waals surface area contributed by atoms with Crippen LogP contribution in [-0.4, -0.2) is 22.9 Å². The van der Waals surface area contributed by atoms with Crippen LogP contribution in [0.2, 0.25) is 0 Å². The van der Waals surface area contributed by atoms with Crippen LogP contribution in [0, 0.1) is 0 Å². The molecule has 0 atom stereocenters. The van der Waals surface area contributed by atoms with Crippen LogP contribution in [0.4, 0.5) is 0 Å². The molecule has 0 aromatic carbocycles. The highest BCUT2D eigenvalue weighted by Crippen LogP contribution is 1.96. The predicted molar refractivity (Wildman–Crippen MR) is 57.8 cm³/mol. The summed E-state index contributed by atoms with van der Waals surface area (Å²) in [7, 11) is 0. The highest BCUT2D eigenvalue weighted by molar-refractivity contribution is 9.11. The molecule has 1 aromatic heterocycles. The van der Waals surface area contributed by atoms with Gasteiger partial charge in [-0.1, -0.05) is 22.5 Å². The molecule has 0 aliphatic heterocycles. The van der Waals surface area contributed by atoms with Crippen LogP contribution in [-0.2, 0) is 6.54 Å². The van der Waals surface area contributed by atoms with Gasteiger partial charge in [0.2, 0.25) is 0 Å². The summed E-state index contributed by atoms with van der Waals surface area (Å²) < 4.78 is 2.93. The first-order chi connectivity index (χ1) is 6.29. The summed E-state index contributed by atoms with van der Waals surface area (Å²) in [6.07, 6.45) is 4.86. The molecule has 0 unspecified atom stereocenters. The number of hydrogen-bond donors (Lipinski definition) is 1. The number of halogens is 1. The SMILES string of the molecule is C=C(Br)CNCCCn1cccn1. The predicted octanol–water partition coefficient (Wildman–Crippen LogP) is 1.77. The lowest BCUT2D eigenvalue weighted by Gasteiger charge is -2.03. The lowest BCUT2D eigenvalue weighted by Crippen LogP contribution is -2.18. The van der Waals surface area contributed by atoms with Crippen LogP contribution >= 0.6 is 15.9 Å². The topological polar surface area (TPSA) is 29.9 Å². The molecule has 0 radical (unpaired) electrons. The molecule has 0 spiro atoms. The molecule has 0 saturated heterocycles. The highest BCUT2D eigenvalue weighted by Gasteiger charge is 1.91. The summed E-state index contributed by atoms with van der Waals surface area (Å²) in [4.78, 5) is 0. The Kier molecular flexibility index (Phi) is 4.78. The van der Waals surface area contributed by atoms with E-state index in [1.807, 2.05) is 16.9 Å². The van der Waals surface area contributed by atoms with Gasteiger partial charge in [0.15, 0.2) is 0 Å². The third-order valence-electron chi connectivity index (χ3n) is 1.62. The summed E-state index contributed by atoms with van der Waals surface area (Å²) in [5.74, 6) is 0. The fourth-order valence-electron chi connectivity index (χ4n) is 1.02. The zero-order chi connectivity index (χ0) is 9.52. The second-order valence-electron chi connectivity index (χ2n) is 2.82. The van der Waals surface area contributed by atoms with Crippen LogP contribution in [0.1, 0.15) is 6.42 Å². The maximum atomic E-state index is 4.11. The molecule has 1 heterocycles. The Morgan fingerprint density at radius 2 is 2.46 bits per heavy atom. The number of rotatable bonds is 6. The molecule has 0 aliphatic carbocycles. The fraction of sp³-hybridized carbons (Fsp3) is 0.444. The minimum Gasteiger partial charge on any atom is -0.312 e. The van der Waals surface area contributed by atoms with E-state index in [0.29, 0.717) is 0 Å². The molecule has 1 rings (SSSR count). The molecule has 0 saturated carbocycles. The molecule has 1 aromatic rings. The second-order valence-corrected chi connectivity index (χ2v) is 3.94. The third kappa shape index (κ3) is 4.85. The van der Waals surface area contributed by atoms with E-state index in [2.05, 4.69) is 32.9 Å². The molecule has 0 aliphatic rings. The standard InChI is InChI=1S/C9H14BrN3/c1-9(10)8-11-4-2-6-13-7-3-5-12-13/h3,5,7,11H,1-2,4,6,8H2. The quantitative estimate of drug-likeness (QED) is 0.773. The van der Waals surface area contributed by atoms with E-state index in [-0.39, 0.29) is 0 Å². The molecule has 0 amide bonds. The normalized spacial score (nSPS) is 10.2. The first-order valence-electron chi connectivity index (χ1n) is 4.30. The Morgan fingerprint density at radius 3 is 3.08 bits per heavy atom. The van der Waals surface area contributed by atoms with Gasteiger partial charge in [-0.25, -0.2) is 0 Å². The van der Waals surface area contributed by atoms with E-state index in [1.54, 1.807) is 6.20 Å². The number of nitrogens with one attached hydrogen (secondary N) is 1. The summed E-state index contributed by atoms with van der Waals surface area (Å²) >= 11 is 3.29. The van der Waals surface area contributed by atoms with Gasteiger partial charge in [-0.15, -0.1) is 0 Å². The van der Waals surface area contributed by atoms with Gasteiger partial charge in [0.05, 0.1) is 0 Å². The summed E-state index contributed by atoms with van der Waals surface area (Å²) in [5, 5.41) is 7.37. The molecule has 0 fully saturated rings. The van der Waals surface area contributed by atoms with Crippen molar-refractivity contribution in [1.82, 2.24) is 15.1 Å². The Balaban J connectivity index is 1.99. The summed E-state index contributed by atoms with van der Waals surface area (Å²) in [5.41, 5.74) is 0. The van der Waals surface area contributed by atoms with Crippen molar-refractivity contribution in [3.63, 3.8) is 0 Å². The van der Waals surface area contributed by atoms with Gasteiger partial charge in [0, 0.05) is 30.0 Å². The molecule has 1 N–H and O–H groups in total. The van der Waals surface area contributed by atoms with E-state index < -0.39 is 0 Å². The smallest absolute Gasteiger partial charge is 0.0489 e. The fourth-order valence-corrected chi connectivity index (χ4v) is 1.22. The zero-order valence-electron chi connectivity index (χ0n) is 7.54. The van der Waals surface area contributed by atoms with E-state index in [4.69, 9.17) is 0 Å². The minimum absolute atomic E-state index is 0.832. The van der Waals surface area contributed by atoms with E-state index in [1.165, 1.54) is 0 Å². The minimum atomic E-state index is 0.832. The highest BCUT2D eigenvalue weighted by atomic mass is 79.9.